The SMILES string of the molecule is Cc1ccc(C(=O)Nc2cccc([N+](=O)[O-])c2)cc1S(=O)(=O)Nc1cccc([N+](=O)[O-])c1. The van der Waals surface area contributed by atoms with Crippen molar-refractivity contribution in [3.05, 3.63) is 98.1 Å². The van der Waals surface area contributed by atoms with E-state index in [4.69, 9.17) is 0 Å². The highest BCUT2D eigenvalue weighted by Crippen LogP contribution is 2.24. The summed E-state index contributed by atoms with van der Waals surface area (Å²) in [5.74, 6) is -0.669. The van der Waals surface area contributed by atoms with Gasteiger partial charge in [-0.3, -0.25) is 29.7 Å². The first-order valence-corrected chi connectivity index (χ1v) is 10.5. The van der Waals surface area contributed by atoms with E-state index in [2.05, 4.69) is 10.0 Å². The molecule has 3 aromatic carbocycles. The van der Waals surface area contributed by atoms with Crippen molar-refractivity contribution in [2.75, 3.05) is 10.0 Å². The summed E-state index contributed by atoms with van der Waals surface area (Å²) in [5.41, 5.74) is 0.00781. The molecule has 11 nitrogen and oxygen atoms in total. The van der Waals surface area contributed by atoms with E-state index < -0.39 is 25.8 Å². The molecule has 0 aliphatic heterocycles. The normalized spacial score (nSPS) is 10.9. The third kappa shape index (κ3) is 5.05. The number of carbonyl (C=O) groups is 1. The van der Waals surface area contributed by atoms with Gasteiger partial charge in [0.25, 0.3) is 27.3 Å². The Bertz CT molecular complexity index is 1340. The van der Waals surface area contributed by atoms with E-state index in [9.17, 15) is 33.4 Å². The smallest absolute Gasteiger partial charge is 0.271 e. The van der Waals surface area contributed by atoms with Crippen LogP contribution < -0.4 is 10.0 Å². The molecule has 0 bridgehead atoms. The third-order valence-electron chi connectivity index (χ3n) is 4.36. The molecule has 0 radical (unpaired) electrons. The van der Waals surface area contributed by atoms with Crippen LogP contribution in [0.4, 0.5) is 22.7 Å². The second-order valence-corrected chi connectivity index (χ2v) is 8.31. The summed E-state index contributed by atoms with van der Waals surface area (Å²) in [6.45, 7) is 1.53. The summed E-state index contributed by atoms with van der Waals surface area (Å²) in [6.07, 6.45) is 0. The van der Waals surface area contributed by atoms with Gasteiger partial charge in [-0.15, -0.1) is 0 Å². The molecule has 0 aliphatic rings. The first-order chi connectivity index (χ1) is 15.1. The monoisotopic (exact) mass is 456 g/mol. The molecule has 164 valence electrons. The summed E-state index contributed by atoms with van der Waals surface area (Å²) < 4.78 is 28.0. The van der Waals surface area contributed by atoms with Crippen molar-refractivity contribution in [3.8, 4) is 0 Å². The Morgan fingerprint density at radius 3 is 2.00 bits per heavy atom. The second-order valence-electron chi connectivity index (χ2n) is 6.65. The lowest BCUT2D eigenvalue weighted by Gasteiger charge is -2.12. The van der Waals surface area contributed by atoms with Gasteiger partial charge in [0.05, 0.1) is 20.4 Å². The quantitative estimate of drug-likeness (QED) is 0.403. The van der Waals surface area contributed by atoms with Crippen LogP contribution in [0.2, 0.25) is 0 Å². The van der Waals surface area contributed by atoms with Gasteiger partial charge < -0.3 is 5.32 Å². The van der Waals surface area contributed by atoms with Gasteiger partial charge >= 0.3 is 0 Å². The van der Waals surface area contributed by atoms with Gasteiger partial charge in [-0.2, -0.15) is 0 Å². The Hall–Kier alpha value is -4.32. The van der Waals surface area contributed by atoms with Gasteiger partial charge in [0.2, 0.25) is 0 Å². The number of nitrogens with one attached hydrogen (secondary N) is 2. The van der Waals surface area contributed by atoms with E-state index in [1.54, 1.807) is 0 Å². The number of aryl methyl sites for hydroxylation is 1. The Morgan fingerprint density at radius 1 is 0.844 bits per heavy atom. The van der Waals surface area contributed by atoms with E-state index in [1.807, 2.05) is 0 Å². The number of hydrogen-bond acceptors (Lipinski definition) is 7. The van der Waals surface area contributed by atoms with Crippen LogP contribution in [0, 0.1) is 27.2 Å². The number of amides is 1. The minimum Gasteiger partial charge on any atom is -0.322 e. The molecule has 0 aliphatic carbocycles. The van der Waals surface area contributed by atoms with Gasteiger partial charge in [-0.25, -0.2) is 8.42 Å². The van der Waals surface area contributed by atoms with Crippen molar-refractivity contribution >= 4 is 38.7 Å². The van der Waals surface area contributed by atoms with Gasteiger partial charge in [0.1, 0.15) is 0 Å². The van der Waals surface area contributed by atoms with Crippen LogP contribution in [0.3, 0.4) is 0 Å². The number of sulfonamides is 1. The molecule has 0 heterocycles. The number of carbonyl (C=O) groups excluding carboxylic acids is 1. The summed E-state index contributed by atoms with van der Waals surface area (Å²) in [7, 11) is -4.18. The van der Waals surface area contributed by atoms with Gasteiger partial charge in [-0.1, -0.05) is 18.2 Å². The van der Waals surface area contributed by atoms with E-state index in [-0.39, 0.29) is 33.2 Å². The van der Waals surface area contributed by atoms with Crippen LogP contribution in [0.1, 0.15) is 15.9 Å². The third-order valence-corrected chi connectivity index (χ3v) is 5.89. The molecule has 0 saturated carbocycles. The maximum Gasteiger partial charge on any atom is 0.271 e. The molecular weight excluding hydrogens is 440 g/mol. The topological polar surface area (TPSA) is 162 Å². The summed E-state index contributed by atoms with van der Waals surface area (Å²) in [5, 5.41) is 24.3. The molecule has 0 atom stereocenters. The van der Waals surface area contributed by atoms with Crippen molar-refractivity contribution in [1.29, 1.82) is 0 Å². The number of nitro groups is 2. The van der Waals surface area contributed by atoms with Crippen molar-refractivity contribution in [2.45, 2.75) is 11.8 Å². The van der Waals surface area contributed by atoms with Gasteiger partial charge in [0.15, 0.2) is 0 Å². The van der Waals surface area contributed by atoms with Crippen molar-refractivity contribution in [3.63, 3.8) is 0 Å². The largest absolute Gasteiger partial charge is 0.322 e. The van der Waals surface area contributed by atoms with E-state index in [1.165, 1.54) is 61.5 Å². The van der Waals surface area contributed by atoms with Gasteiger partial charge in [0, 0.05) is 35.5 Å². The minimum absolute atomic E-state index is 0.00141. The second kappa shape index (κ2) is 8.81. The zero-order valence-electron chi connectivity index (χ0n) is 16.5. The number of rotatable bonds is 7. The first-order valence-electron chi connectivity index (χ1n) is 9.00. The lowest BCUT2D eigenvalue weighted by atomic mass is 10.1. The summed E-state index contributed by atoms with van der Waals surface area (Å²) in [6, 6.07) is 14.3. The van der Waals surface area contributed by atoms with Crippen molar-refractivity contribution in [2.24, 2.45) is 0 Å². The number of nitrogens with zero attached hydrogens (tertiary/aromatic N) is 2. The van der Waals surface area contributed by atoms with E-state index >= 15 is 0 Å². The van der Waals surface area contributed by atoms with E-state index in [0.29, 0.717) is 5.56 Å². The van der Waals surface area contributed by atoms with Crippen molar-refractivity contribution in [1.82, 2.24) is 0 Å². The number of anilines is 2. The maximum absolute atomic E-state index is 12.9. The Balaban J connectivity index is 1.88. The fourth-order valence-corrected chi connectivity index (χ4v) is 4.15. The Kier molecular flexibility index (Phi) is 6.16. The molecule has 0 saturated heterocycles. The molecular formula is C20H16N4O7S. The fourth-order valence-electron chi connectivity index (χ4n) is 2.82. The average molecular weight is 456 g/mol. The Morgan fingerprint density at radius 2 is 1.41 bits per heavy atom. The number of nitro benzene ring substituents is 2. The predicted molar refractivity (Wildman–Crippen MR) is 116 cm³/mol. The van der Waals surface area contributed by atoms with Crippen LogP contribution in [0.15, 0.2) is 71.6 Å². The standard InChI is InChI=1S/C20H16N4O7S/c1-13-8-9-14(20(25)21-15-4-2-6-17(11-15)23(26)27)10-19(13)32(30,31)22-16-5-3-7-18(12-16)24(28)29/h2-12,22H,1H3,(H,21,25). The Labute approximate surface area is 182 Å². The zero-order chi connectivity index (χ0) is 23.5. The molecule has 12 heteroatoms. The molecule has 32 heavy (non-hydrogen) atoms. The number of benzene rings is 3. The maximum atomic E-state index is 12.9. The lowest BCUT2D eigenvalue weighted by Crippen LogP contribution is -2.17. The lowest BCUT2D eigenvalue weighted by molar-refractivity contribution is -0.385. The molecule has 0 spiro atoms. The van der Waals surface area contributed by atoms with Crippen LogP contribution in [0.5, 0.6) is 0 Å². The first kappa shape index (κ1) is 22.4. The predicted octanol–water partition coefficient (Wildman–Crippen LogP) is 3.86. The molecule has 3 rings (SSSR count). The minimum atomic E-state index is -4.18. The van der Waals surface area contributed by atoms with Crippen LogP contribution in [-0.4, -0.2) is 24.2 Å². The molecule has 0 unspecified atom stereocenters. The molecule has 0 aromatic heterocycles. The summed E-state index contributed by atoms with van der Waals surface area (Å²) >= 11 is 0. The number of hydrogen-bond donors (Lipinski definition) is 2. The molecule has 3 aromatic rings. The zero-order valence-corrected chi connectivity index (χ0v) is 17.3. The average Bonchev–Trinajstić information content (AvgIpc) is 2.73. The van der Waals surface area contributed by atoms with E-state index in [0.717, 1.165) is 12.1 Å². The van der Waals surface area contributed by atoms with Crippen LogP contribution in [-0.2, 0) is 10.0 Å². The molecule has 1 amide bonds. The highest BCUT2D eigenvalue weighted by molar-refractivity contribution is 7.92. The van der Waals surface area contributed by atoms with Gasteiger partial charge in [-0.05, 0) is 36.8 Å². The van der Waals surface area contributed by atoms with Crippen molar-refractivity contribution < 1.29 is 23.1 Å². The van der Waals surface area contributed by atoms with Crippen LogP contribution >= 0.6 is 0 Å². The molecule has 2 N–H and O–H groups in total. The highest BCUT2D eigenvalue weighted by Gasteiger charge is 2.21. The van der Waals surface area contributed by atoms with Crippen LogP contribution in [0.25, 0.3) is 0 Å². The molecule has 0 fully saturated rings. The fraction of sp³-hybridized carbons (Fsp3) is 0.0500. The highest BCUT2D eigenvalue weighted by atomic mass is 32.2. The summed E-state index contributed by atoms with van der Waals surface area (Å²) in [4.78, 5) is 32.9. The number of non-ortho nitro benzene ring substituents is 2.